The Morgan fingerprint density at radius 3 is 2.25 bits per heavy atom. The highest BCUT2D eigenvalue weighted by atomic mass is 16.4. The van der Waals surface area contributed by atoms with Gasteiger partial charge in [0.15, 0.2) is 0 Å². The summed E-state index contributed by atoms with van der Waals surface area (Å²) in [7, 11) is 0. The smallest absolute Gasteiger partial charge is 0.308 e. The monoisotopic (exact) mass is 380 g/mol. The van der Waals surface area contributed by atoms with Crippen LogP contribution in [0.2, 0.25) is 0 Å². The van der Waals surface area contributed by atoms with Crippen LogP contribution in [0.4, 0.5) is 0 Å². The van der Waals surface area contributed by atoms with E-state index in [1.54, 1.807) is 29.2 Å². The van der Waals surface area contributed by atoms with E-state index >= 15 is 0 Å². The van der Waals surface area contributed by atoms with Crippen LogP contribution in [-0.2, 0) is 9.59 Å². The number of carboxylic acids is 1. The van der Waals surface area contributed by atoms with Crippen molar-refractivity contribution in [2.24, 2.45) is 5.92 Å². The fourth-order valence-electron chi connectivity index (χ4n) is 4.02. The molecule has 1 atom stereocenters. The zero-order valence-electron chi connectivity index (χ0n) is 15.3. The fraction of sp³-hybridized carbons (Fsp3) is 0.333. The first kappa shape index (κ1) is 18.2. The average Bonchev–Trinajstić information content (AvgIpc) is 3.19. The second kappa shape index (κ2) is 7.07. The third-order valence-electron chi connectivity index (χ3n) is 5.52. The van der Waals surface area contributed by atoms with Crippen molar-refractivity contribution in [3.63, 3.8) is 0 Å². The molecule has 0 saturated carbocycles. The van der Waals surface area contributed by atoms with Gasteiger partial charge in [-0.1, -0.05) is 24.3 Å². The van der Waals surface area contributed by atoms with Crippen molar-refractivity contribution in [1.29, 1.82) is 0 Å². The maximum absolute atomic E-state index is 12.8. The van der Waals surface area contributed by atoms with Crippen LogP contribution in [0, 0.1) is 5.92 Å². The summed E-state index contributed by atoms with van der Waals surface area (Å²) in [4.78, 5) is 51.7. The van der Waals surface area contributed by atoms with Gasteiger partial charge in [-0.15, -0.1) is 0 Å². The molecule has 0 aromatic heterocycles. The molecule has 1 unspecified atom stereocenters. The van der Waals surface area contributed by atoms with E-state index in [1.165, 1.54) is 4.90 Å². The van der Waals surface area contributed by atoms with E-state index in [4.69, 9.17) is 5.11 Å². The van der Waals surface area contributed by atoms with Gasteiger partial charge in [0.25, 0.3) is 11.8 Å². The van der Waals surface area contributed by atoms with Gasteiger partial charge >= 0.3 is 5.97 Å². The predicted molar refractivity (Wildman–Crippen MR) is 101 cm³/mol. The van der Waals surface area contributed by atoms with Gasteiger partial charge in [0.1, 0.15) is 0 Å². The summed E-state index contributed by atoms with van der Waals surface area (Å²) in [5.74, 6) is -2.20. The molecule has 1 saturated heterocycles. The molecule has 2 heterocycles. The van der Waals surface area contributed by atoms with Crippen LogP contribution in [0.3, 0.4) is 0 Å². The number of carbonyl (C=O) groups excluding carboxylic acids is 3. The van der Waals surface area contributed by atoms with Gasteiger partial charge in [-0.25, -0.2) is 0 Å². The molecule has 2 aliphatic rings. The van der Waals surface area contributed by atoms with Crippen molar-refractivity contribution in [2.75, 3.05) is 19.6 Å². The minimum absolute atomic E-state index is 0.136. The number of hydrogen-bond acceptors (Lipinski definition) is 4. The molecule has 0 aliphatic carbocycles. The fourth-order valence-corrected chi connectivity index (χ4v) is 4.02. The summed E-state index contributed by atoms with van der Waals surface area (Å²) >= 11 is 0. The molecular weight excluding hydrogens is 360 g/mol. The second-order valence-electron chi connectivity index (χ2n) is 7.24. The molecule has 28 heavy (non-hydrogen) atoms. The number of benzene rings is 2. The summed E-state index contributed by atoms with van der Waals surface area (Å²) in [6.45, 7) is 0.822. The third-order valence-corrected chi connectivity index (χ3v) is 5.52. The first-order chi connectivity index (χ1) is 13.5. The van der Waals surface area contributed by atoms with Crippen LogP contribution in [0.25, 0.3) is 10.8 Å². The number of carboxylic acid groups (broad SMARTS) is 1. The van der Waals surface area contributed by atoms with E-state index in [2.05, 4.69) is 0 Å². The molecule has 144 valence electrons. The third kappa shape index (κ3) is 3.02. The highest BCUT2D eigenvalue weighted by Gasteiger charge is 2.33. The quantitative estimate of drug-likeness (QED) is 0.802. The van der Waals surface area contributed by atoms with Gasteiger partial charge in [-0.3, -0.25) is 24.1 Å². The number of imide groups is 1. The van der Waals surface area contributed by atoms with E-state index in [0.717, 1.165) is 5.39 Å². The van der Waals surface area contributed by atoms with Crippen LogP contribution in [-0.4, -0.2) is 58.2 Å². The van der Waals surface area contributed by atoms with Gasteiger partial charge < -0.3 is 10.0 Å². The maximum atomic E-state index is 12.8. The van der Waals surface area contributed by atoms with Crippen LogP contribution in [0.5, 0.6) is 0 Å². The molecular formula is C21H20N2O5. The summed E-state index contributed by atoms with van der Waals surface area (Å²) in [6, 6.07) is 10.8. The zero-order valence-corrected chi connectivity index (χ0v) is 15.3. The van der Waals surface area contributed by atoms with Gasteiger partial charge in [0.2, 0.25) is 5.91 Å². The number of aliphatic carboxylic acids is 1. The van der Waals surface area contributed by atoms with Crippen LogP contribution in [0.15, 0.2) is 36.4 Å². The predicted octanol–water partition coefficient (Wildman–Crippen LogP) is 2.15. The second-order valence-corrected chi connectivity index (χ2v) is 7.24. The lowest BCUT2D eigenvalue weighted by Gasteiger charge is -2.27. The van der Waals surface area contributed by atoms with Crippen molar-refractivity contribution in [2.45, 2.75) is 19.3 Å². The van der Waals surface area contributed by atoms with E-state index in [0.29, 0.717) is 35.9 Å². The minimum Gasteiger partial charge on any atom is -0.481 e. The molecule has 0 radical (unpaired) electrons. The lowest BCUT2D eigenvalue weighted by molar-refractivity contribution is -0.141. The van der Waals surface area contributed by atoms with Crippen molar-refractivity contribution in [3.8, 4) is 0 Å². The summed E-state index contributed by atoms with van der Waals surface area (Å²) in [6.07, 6.45) is 0.989. The summed E-state index contributed by atoms with van der Waals surface area (Å²) in [5, 5.41) is 10.6. The minimum atomic E-state index is -0.882. The topological polar surface area (TPSA) is 95.0 Å². The normalized spacial score (nSPS) is 18.8. The standard InChI is InChI=1S/C21H20N2O5/c24-17(22-11-9-14(12-22)21(27)28)8-3-10-23-19(25)15-6-1-4-13-5-2-7-16(18(13)15)20(23)26/h1-2,4-7,14H,3,8-12H2,(H,27,28). The molecule has 2 aliphatic heterocycles. The molecule has 1 N–H and O–H groups in total. The maximum Gasteiger partial charge on any atom is 0.308 e. The number of amides is 3. The van der Waals surface area contributed by atoms with Gasteiger partial charge in [-0.2, -0.15) is 0 Å². The zero-order chi connectivity index (χ0) is 19.8. The average molecular weight is 380 g/mol. The van der Waals surface area contributed by atoms with Gasteiger partial charge in [0.05, 0.1) is 5.92 Å². The number of hydrogen-bond donors (Lipinski definition) is 1. The molecule has 2 aromatic rings. The Hall–Kier alpha value is -3.22. The lowest BCUT2D eigenvalue weighted by atomic mass is 9.94. The van der Waals surface area contributed by atoms with Crippen LogP contribution >= 0.6 is 0 Å². The molecule has 0 spiro atoms. The van der Waals surface area contributed by atoms with Gasteiger partial charge in [0, 0.05) is 42.6 Å². The highest BCUT2D eigenvalue weighted by Crippen LogP contribution is 2.30. The van der Waals surface area contributed by atoms with E-state index in [1.807, 2.05) is 12.1 Å². The first-order valence-electron chi connectivity index (χ1n) is 9.36. The van der Waals surface area contributed by atoms with E-state index in [9.17, 15) is 19.2 Å². The lowest BCUT2D eigenvalue weighted by Crippen LogP contribution is -2.41. The first-order valence-corrected chi connectivity index (χ1v) is 9.36. The van der Waals surface area contributed by atoms with E-state index in [-0.39, 0.29) is 37.2 Å². The van der Waals surface area contributed by atoms with E-state index < -0.39 is 11.9 Å². The molecule has 7 heteroatoms. The Morgan fingerprint density at radius 2 is 1.68 bits per heavy atom. The summed E-state index contributed by atoms with van der Waals surface area (Å²) < 4.78 is 0. The number of nitrogens with zero attached hydrogens (tertiary/aromatic N) is 2. The Bertz CT molecular complexity index is 949. The molecule has 1 fully saturated rings. The number of carbonyl (C=O) groups is 4. The molecule has 3 amide bonds. The Balaban J connectivity index is 1.42. The van der Waals surface area contributed by atoms with Crippen molar-refractivity contribution >= 4 is 34.5 Å². The van der Waals surface area contributed by atoms with Crippen LogP contribution in [0.1, 0.15) is 40.0 Å². The Morgan fingerprint density at radius 1 is 1.04 bits per heavy atom. The van der Waals surface area contributed by atoms with Crippen LogP contribution < -0.4 is 0 Å². The highest BCUT2D eigenvalue weighted by molar-refractivity contribution is 6.25. The number of likely N-dealkylation sites (tertiary alicyclic amines) is 1. The molecule has 2 aromatic carbocycles. The SMILES string of the molecule is O=C(O)C1CCN(C(=O)CCCN2C(=O)c3cccc4cccc(c34)C2=O)C1. The molecule has 7 nitrogen and oxygen atoms in total. The van der Waals surface area contributed by atoms with Crippen molar-refractivity contribution < 1.29 is 24.3 Å². The number of rotatable bonds is 5. The largest absolute Gasteiger partial charge is 0.481 e. The molecule has 0 bridgehead atoms. The Kier molecular flexibility index (Phi) is 4.58. The summed E-state index contributed by atoms with van der Waals surface area (Å²) in [5.41, 5.74) is 1.01. The Labute approximate surface area is 161 Å². The van der Waals surface area contributed by atoms with Crippen molar-refractivity contribution in [3.05, 3.63) is 47.5 Å². The van der Waals surface area contributed by atoms with Crippen molar-refractivity contribution in [1.82, 2.24) is 9.80 Å². The molecule has 4 rings (SSSR count). The van der Waals surface area contributed by atoms with Gasteiger partial charge in [-0.05, 0) is 30.4 Å².